The molecule has 7 heteroatoms. The molecule has 1 aliphatic heterocycles. The molecule has 0 spiro atoms. The second-order valence-electron chi connectivity index (χ2n) is 5.56. The number of benzene rings is 1. The molecule has 2 aromatic rings. The number of aryl methyl sites for hydroxylation is 2. The Hall–Kier alpha value is -1.86. The number of sulfonamides is 1. The molecule has 0 unspecified atom stereocenters. The lowest BCUT2D eigenvalue weighted by atomic mass is 9.96. The molecule has 0 fully saturated rings. The maximum atomic E-state index is 12.3. The smallest absolute Gasteiger partial charge is 0.218 e. The monoisotopic (exact) mass is 322 g/mol. The zero-order chi connectivity index (χ0) is 15.7. The fraction of sp³-hybridized carbons (Fsp3) is 0.400. The van der Waals surface area contributed by atoms with Crippen molar-refractivity contribution in [2.24, 2.45) is 0 Å². The molecule has 6 nitrogen and oxygen atoms in total. The van der Waals surface area contributed by atoms with Gasteiger partial charge in [-0.05, 0) is 19.4 Å². The summed E-state index contributed by atoms with van der Waals surface area (Å²) in [6.07, 6.45) is 1.97. The average molecular weight is 322 g/mol. The zero-order valence-electron chi connectivity index (χ0n) is 12.5. The van der Waals surface area contributed by atoms with Gasteiger partial charge in [0.25, 0.3) is 0 Å². The van der Waals surface area contributed by atoms with Crippen molar-refractivity contribution < 1.29 is 17.7 Å². The average Bonchev–Trinajstić information content (AvgIpc) is 2.91. The van der Waals surface area contributed by atoms with Gasteiger partial charge >= 0.3 is 0 Å². The summed E-state index contributed by atoms with van der Waals surface area (Å²) in [5.41, 5.74) is 3.39. The van der Waals surface area contributed by atoms with Gasteiger partial charge in [-0.2, -0.15) is 0 Å². The van der Waals surface area contributed by atoms with E-state index in [-0.39, 0.29) is 11.8 Å². The van der Waals surface area contributed by atoms with Gasteiger partial charge in [0.2, 0.25) is 10.0 Å². The Morgan fingerprint density at radius 3 is 2.91 bits per heavy atom. The molecule has 0 bridgehead atoms. The molecule has 22 heavy (non-hydrogen) atoms. The number of nitrogens with one attached hydrogen (secondary N) is 1. The minimum atomic E-state index is -3.50. The Kier molecular flexibility index (Phi) is 3.92. The van der Waals surface area contributed by atoms with E-state index in [4.69, 9.17) is 4.74 Å². The van der Waals surface area contributed by atoms with E-state index in [2.05, 4.69) is 14.4 Å². The second-order valence-corrected chi connectivity index (χ2v) is 7.31. The fourth-order valence-electron chi connectivity index (χ4n) is 2.77. The fourth-order valence-corrected chi connectivity index (χ4v) is 4.07. The molecular weight excluding hydrogens is 304 g/mol. The highest BCUT2D eigenvalue weighted by Crippen LogP contribution is 2.36. The van der Waals surface area contributed by atoms with E-state index in [9.17, 15) is 8.42 Å². The van der Waals surface area contributed by atoms with Crippen molar-refractivity contribution in [1.29, 1.82) is 0 Å². The Balaban J connectivity index is 1.85. The molecule has 1 N–H and O–H groups in total. The summed E-state index contributed by atoms with van der Waals surface area (Å²) in [6, 6.07) is 5.28. The Morgan fingerprint density at radius 1 is 1.36 bits per heavy atom. The van der Waals surface area contributed by atoms with Crippen molar-refractivity contribution >= 4 is 10.0 Å². The van der Waals surface area contributed by atoms with Gasteiger partial charge in [-0.3, -0.25) is 0 Å². The number of aromatic nitrogens is 1. The van der Waals surface area contributed by atoms with E-state index < -0.39 is 10.0 Å². The van der Waals surface area contributed by atoms with Gasteiger partial charge in [0.1, 0.15) is 17.8 Å². The molecule has 0 radical (unpaired) electrons. The topological polar surface area (TPSA) is 81.4 Å². The zero-order valence-corrected chi connectivity index (χ0v) is 13.3. The van der Waals surface area contributed by atoms with Crippen molar-refractivity contribution in [2.75, 3.05) is 6.61 Å². The SMILES string of the molecule is Cc1cc(C)c2c(c1)[C@H](NS(=O)(=O)Cc1ccon1)CCO2. The molecule has 1 atom stereocenters. The number of rotatable bonds is 4. The molecule has 1 aliphatic rings. The predicted molar refractivity (Wildman–Crippen MR) is 81.0 cm³/mol. The van der Waals surface area contributed by atoms with E-state index >= 15 is 0 Å². The third kappa shape index (κ3) is 3.15. The highest BCUT2D eigenvalue weighted by atomic mass is 32.2. The van der Waals surface area contributed by atoms with Crippen LogP contribution in [0.4, 0.5) is 0 Å². The molecule has 0 saturated carbocycles. The summed E-state index contributed by atoms with van der Waals surface area (Å²) in [4.78, 5) is 0. The van der Waals surface area contributed by atoms with E-state index in [1.54, 1.807) is 6.07 Å². The van der Waals surface area contributed by atoms with Crippen LogP contribution in [0, 0.1) is 13.8 Å². The van der Waals surface area contributed by atoms with E-state index in [1.807, 2.05) is 26.0 Å². The van der Waals surface area contributed by atoms with Gasteiger partial charge in [-0.25, -0.2) is 13.1 Å². The molecule has 1 aromatic heterocycles. The number of nitrogens with zero attached hydrogens (tertiary/aromatic N) is 1. The maximum absolute atomic E-state index is 12.3. The van der Waals surface area contributed by atoms with Gasteiger partial charge in [0, 0.05) is 18.1 Å². The van der Waals surface area contributed by atoms with Crippen LogP contribution in [0.3, 0.4) is 0 Å². The predicted octanol–water partition coefficient (Wildman–Crippen LogP) is 2.23. The molecule has 0 amide bonds. The lowest BCUT2D eigenvalue weighted by molar-refractivity contribution is 0.261. The number of ether oxygens (including phenoxy) is 1. The first kappa shape index (κ1) is 15.1. The Morgan fingerprint density at radius 2 is 2.18 bits per heavy atom. The molecule has 1 aromatic carbocycles. The molecular formula is C15H18N2O4S. The summed E-state index contributed by atoms with van der Waals surface area (Å²) >= 11 is 0. The lowest BCUT2D eigenvalue weighted by Gasteiger charge is -2.28. The van der Waals surface area contributed by atoms with Crippen LogP contribution in [-0.2, 0) is 15.8 Å². The largest absolute Gasteiger partial charge is 0.493 e. The summed E-state index contributed by atoms with van der Waals surface area (Å²) in [5, 5.41) is 3.65. The van der Waals surface area contributed by atoms with Crippen LogP contribution in [0.1, 0.15) is 34.8 Å². The lowest BCUT2D eigenvalue weighted by Crippen LogP contribution is -2.33. The van der Waals surface area contributed by atoms with Gasteiger partial charge in [-0.15, -0.1) is 0 Å². The van der Waals surface area contributed by atoms with Crippen molar-refractivity contribution in [1.82, 2.24) is 9.88 Å². The van der Waals surface area contributed by atoms with Crippen molar-refractivity contribution in [3.63, 3.8) is 0 Å². The molecule has 118 valence electrons. The summed E-state index contributed by atoms with van der Waals surface area (Å²) in [6.45, 7) is 4.45. The van der Waals surface area contributed by atoms with Crippen LogP contribution in [0.25, 0.3) is 0 Å². The van der Waals surface area contributed by atoms with Crippen LogP contribution in [0.2, 0.25) is 0 Å². The van der Waals surface area contributed by atoms with E-state index in [1.165, 1.54) is 6.26 Å². The second kappa shape index (κ2) is 5.73. The summed E-state index contributed by atoms with van der Waals surface area (Å²) < 4.78 is 37.8. The molecule has 2 heterocycles. The normalized spacial score (nSPS) is 17.8. The first-order valence-electron chi connectivity index (χ1n) is 7.08. The number of fused-ring (bicyclic) bond motifs is 1. The first-order valence-corrected chi connectivity index (χ1v) is 8.73. The van der Waals surface area contributed by atoms with E-state index in [0.29, 0.717) is 18.7 Å². The van der Waals surface area contributed by atoms with Crippen molar-refractivity contribution in [2.45, 2.75) is 32.1 Å². The summed E-state index contributed by atoms with van der Waals surface area (Å²) in [5.74, 6) is 0.590. The highest BCUT2D eigenvalue weighted by Gasteiger charge is 2.27. The minimum Gasteiger partial charge on any atom is -0.493 e. The quantitative estimate of drug-likeness (QED) is 0.933. The van der Waals surface area contributed by atoms with Crippen LogP contribution in [0.5, 0.6) is 5.75 Å². The maximum Gasteiger partial charge on any atom is 0.218 e. The van der Waals surface area contributed by atoms with Crippen LogP contribution in [0.15, 0.2) is 29.0 Å². The number of hydrogen-bond acceptors (Lipinski definition) is 5. The summed E-state index contributed by atoms with van der Waals surface area (Å²) in [7, 11) is -3.50. The Labute approximate surface area is 129 Å². The van der Waals surface area contributed by atoms with Crippen LogP contribution >= 0.6 is 0 Å². The number of hydrogen-bond donors (Lipinski definition) is 1. The molecule has 3 rings (SSSR count). The van der Waals surface area contributed by atoms with Gasteiger partial charge in [0.05, 0.1) is 18.3 Å². The minimum absolute atomic E-state index is 0.193. The third-order valence-electron chi connectivity index (χ3n) is 3.63. The van der Waals surface area contributed by atoms with Crippen molar-refractivity contribution in [3.8, 4) is 5.75 Å². The van der Waals surface area contributed by atoms with Gasteiger partial charge < -0.3 is 9.26 Å². The van der Waals surface area contributed by atoms with Gasteiger partial charge in [0.15, 0.2) is 0 Å². The van der Waals surface area contributed by atoms with Crippen LogP contribution < -0.4 is 9.46 Å². The van der Waals surface area contributed by atoms with E-state index in [0.717, 1.165) is 22.4 Å². The standard InChI is InChI=1S/C15H18N2O4S/c1-10-7-11(2)15-13(8-10)14(4-5-20-15)17-22(18,19)9-12-3-6-21-16-12/h3,6-8,14,17H,4-5,9H2,1-2H3/t14-/m1/s1. The Bertz CT molecular complexity index is 769. The van der Waals surface area contributed by atoms with Gasteiger partial charge in [-0.1, -0.05) is 22.9 Å². The van der Waals surface area contributed by atoms with Crippen molar-refractivity contribution in [3.05, 3.63) is 46.8 Å². The highest BCUT2D eigenvalue weighted by molar-refractivity contribution is 7.88. The van der Waals surface area contributed by atoms with Crippen LogP contribution in [-0.4, -0.2) is 20.2 Å². The first-order chi connectivity index (χ1) is 10.4. The third-order valence-corrected chi connectivity index (χ3v) is 4.95. The molecule has 0 saturated heterocycles. The molecule has 0 aliphatic carbocycles.